The minimum absolute atomic E-state index is 0.352. The number of hydrogen-bond acceptors (Lipinski definition) is 3. The van der Waals surface area contributed by atoms with Gasteiger partial charge in [-0.3, -0.25) is 0 Å². The number of anilines is 1. The van der Waals surface area contributed by atoms with Gasteiger partial charge in [0.25, 0.3) is 0 Å². The molecule has 1 aliphatic heterocycles. The second-order valence-corrected chi connectivity index (χ2v) is 6.87. The van der Waals surface area contributed by atoms with Crippen LogP contribution in [0.3, 0.4) is 0 Å². The first-order valence-electron chi connectivity index (χ1n) is 7.93. The van der Waals surface area contributed by atoms with Gasteiger partial charge in [-0.2, -0.15) is 4.98 Å². The van der Waals surface area contributed by atoms with E-state index in [9.17, 15) is 0 Å². The highest BCUT2D eigenvalue weighted by Crippen LogP contribution is 2.46. The maximum Gasteiger partial charge on any atom is 0.224 e. The molecular formula is C17H20ClN3. The minimum atomic E-state index is 0.352. The quantitative estimate of drug-likeness (QED) is 0.729. The molecule has 1 saturated carbocycles. The van der Waals surface area contributed by atoms with E-state index in [0.29, 0.717) is 10.7 Å². The van der Waals surface area contributed by atoms with Crippen molar-refractivity contribution >= 4 is 28.3 Å². The van der Waals surface area contributed by atoms with Crippen LogP contribution in [0.15, 0.2) is 24.3 Å². The lowest BCUT2D eigenvalue weighted by Crippen LogP contribution is -2.39. The Morgan fingerprint density at radius 3 is 2.43 bits per heavy atom. The van der Waals surface area contributed by atoms with Crippen molar-refractivity contribution in [2.45, 2.75) is 38.5 Å². The van der Waals surface area contributed by atoms with Crippen molar-refractivity contribution in [3.8, 4) is 0 Å². The Bertz CT molecular complexity index is 654. The van der Waals surface area contributed by atoms with E-state index in [4.69, 9.17) is 11.6 Å². The Morgan fingerprint density at radius 1 is 0.952 bits per heavy atom. The summed E-state index contributed by atoms with van der Waals surface area (Å²) in [6.45, 7) is 2.19. The van der Waals surface area contributed by atoms with Crippen LogP contribution in [0.2, 0.25) is 5.28 Å². The van der Waals surface area contributed by atoms with Crippen LogP contribution >= 0.6 is 11.6 Å². The van der Waals surface area contributed by atoms with Crippen molar-refractivity contribution < 1.29 is 0 Å². The third-order valence-corrected chi connectivity index (χ3v) is 5.51. The molecule has 1 aromatic heterocycles. The van der Waals surface area contributed by atoms with Gasteiger partial charge in [-0.15, -0.1) is 0 Å². The number of benzene rings is 1. The zero-order valence-corrected chi connectivity index (χ0v) is 12.9. The Morgan fingerprint density at radius 2 is 1.67 bits per heavy atom. The molecule has 1 spiro atoms. The van der Waals surface area contributed by atoms with Crippen molar-refractivity contribution in [3.05, 3.63) is 29.5 Å². The molecule has 2 heterocycles. The fourth-order valence-electron chi connectivity index (χ4n) is 4.09. The van der Waals surface area contributed by atoms with Gasteiger partial charge in [-0.1, -0.05) is 25.0 Å². The van der Waals surface area contributed by atoms with Gasteiger partial charge in [0, 0.05) is 18.5 Å². The lowest BCUT2D eigenvalue weighted by molar-refractivity contribution is 0.226. The molecule has 2 fully saturated rings. The molecule has 4 heteroatoms. The van der Waals surface area contributed by atoms with E-state index in [1.807, 2.05) is 18.2 Å². The molecular weight excluding hydrogens is 282 g/mol. The van der Waals surface area contributed by atoms with Crippen molar-refractivity contribution in [1.82, 2.24) is 9.97 Å². The monoisotopic (exact) mass is 301 g/mol. The molecule has 0 atom stereocenters. The van der Waals surface area contributed by atoms with E-state index in [2.05, 4.69) is 20.9 Å². The Labute approximate surface area is 130 Å². The van der Waals surface area contributed by atoms with E-state index in [1.54, 1.807) is 0 Å². The molecule has 0 amide bonds. The van der Waals surface area contributed by atoms with Crippen molar-refractivity contribution in [1.29, 1.82) is 0 Å². The van der Waals surface area contributed by atoms with Gasteiger partial charge in [0.05, 0.1) is 5.52 Å². The van der Waals surface area contributed by atoms with Crippen LogP contribution in [-0.4, -0.2) is 23.1 Å². The fraction of sp³-hybridized carbons (Fsp3) is 0.529. The normalized spacial score (nSPS) is 21.3. The summed E-state index contributed by atoms with van der Waals surface area (Å²) in [6, 6.07) is 8.15. The van der Waals surface area contributed by atoms with Crippen LogP contribution in [-0.2, 0) is 0 Å². The maximum atomic E-state index is 6.11. The number of para-hydroxylation sites is 1. The number of aromatic nitrogens is 2. The van der Waals surface area contributed by atoms with E-state index in [-0.39, 0.29) is 0 Å². The average molecular weight is 302 g/mol. The largest absolute Gasteiger partial charge is 0.356 e. The second-order valence-electron chi connectivity index (χ2n) is 6.53. The lowest BCUT2D eigenvalue weighted by atomic mass is 9.77. The topological polar surface area (TPSA) is 29.0 Å². The van der Waals surface area contributed by atoms with Crippen molar-refractivity contribution in [2.75, 3.05) is 18.0 Å². The summed E-state index contributed by atoms with van der Waals surface area (Å²) in [6.07, 6.45) is 8.27. The fourth-order valence-corrected chi connectivity index (χ4v) is 4.26. The molecule has 110 valence electrons. The molecule has 0 unspecified atom stereocenters. The highest BCUT2D eigenvalue weighted by molar-refractivity contribution is 6.28. The molecule has 2 aliphatic rings. The number of nitrogens with zero attached hydrogens (tertiary/aromatic N) is 3. The summed E-state index contributed by atoms with van der Waals surface area (Å²) in [5.74, 6) is 1.01. The van der Waals surface area contributed by atoms with Gasteiger partial charge in [0.1, 0.15) is 5.82 Å². The van der Waals surface area contributed by atoms with Crippen molar-refractivity contribution in [2.24, 2.45) is 5.41 Å². The summed E-state index contributed by atoms with van der Waals surface area (Å²) in [4.78, 5) is 11.3. The molecule has 1 aromatic carbocycles. The summed E-state index contributed by atoms with van der Waals surface area (Å²) in [7, 11) is 0. The van der Waals surface area contributed by atoms with Crippen LogP contribution in [0.1, 0.15) is 38.5 Å². The second kappa shape index (κ2) is 5.13. The number of piperidine rings is 1. The summed E-state index contributed by atoms with van der Waals surface area (Å²) < 4.78 is 0. The summed E-state index contributed by atoms with van der Waals surface area (Å²) in [5.41, 5.74) is 1.57. The van der Waals surface area contributed by atoms with E-state index in [0.717, 1.165) is 29.8 Å². The molecule has 1 saturated heterocycles. The van der Waals surface area contributed by atoms with Crippen LogP contribution in [0.25, 0.3) is 10.9 Å². The zero-order chi connectivity index (χ0) is 14.3. The molecule has 0 N–H and O–H groups in total. The average Bonchev–Trinajstić information content (AvgIpc) is 2.95. The van der Waals surface area contributed by atoms with Gasteiger partial charge < -0.3 is 4.90 Å². The molecule has 2 aromatic rings. The highest BCUT2D eigenvalue weighted by atomic mass is 35.5. The van der Waals surface area contributed by atoms with Gasteiger partial charge in [0.15, 0.2) is 0 Å². The Balaban J connectivity index is 1.65. The molecule has 3 nitrogen and oxygen atoms in total. The first kappa shape index (κ1) is 13.3. The van der Waals surface area contributed by atoms with Crippen molar-refractivity contribution in [3.63, 3.8) is 0 Å². The molecule has 1 aliphatic carbocycles. The summed E-state index contributed by atoms with van der Waals surface area (Å²) in [5, 5.41) is 1.47. The smallest absolute Gasteiger partial charge is 0.224 e. The predicted molar refractivity (Wildman–Crippen MR) is 86.9 cm³/mol. The lowest BCUT2D eigenvalue weighted by Gasteiger charge is -2.40. The highest BCUT2D eigenvalue weighted by Gasteiger charge is 2.37. The number of rotatable bonds is 1. The van der Waals surface area contributed by atoms with Crippen LogP contribution in [0.5, 0.6) is 0 Å². The Kier molecular flexibility index (Phi) is 3.26. The molecule has 21 heavy (non-hydrogen) atoms. The zero-order valence-electron chi connectivity index (χ0n) is 12.2. The van der Waals surface area contributed by atoms with Crippen LogP contribution < -0.4 is 4.90 Å². The first-order chi connectivity index (χ1) is 10.3. The standard InChI is InChI=1S/C17H20ClN3/c18-16-19-14-6-2-1-5-13(14)15(20-16)21-11-9-17(10-12-21)7-3-4-8-17/h1-2,5-6H,3-4,7-12H2. The van der Waals surface area contributed by atoms with Gasteiger partial charge in [0.2, 0.25) is 5.28 Å². The van der Waals surface area contributed by atoms with Crippen LogP contribution in [0.4, 0.5) is 5.82 Å². The molecule has 0 radical (unpaired) electrons. The van der Waals surface area contributed by atoms with E-state index >= 15 is 0 Å². The maximum absolute atomic E-state index is 6.11. The molecule has 4 rings (SSSR count). The number of fused-ring (bicyclic) bond motifs is 1. The third kappa shape index (κ3) is 2.38. The van der Waals surface area contributed by atoms with E-state index in [1.165, 1.54) is 38.5 Å². The predicted octanol–water partition coefficient (Wildman–Crippen LogP) is 4.44. The summed E-state index contributed by atoms with van der Waals surface area (Å²) >= 11 is 6.11. The Hall–Kier alpha value is -1.35. The minimum Gasteiger partial charge on any atom is -0.356 e. The van der Waals surface area contributed by atoms with Gasteiger partial charge in [-0.25, -0.2) is 4.98 Å². The number of hydrogen-bond donors (Lipinski definition) is 0. The van der Waals surface area contributed by atoms with Crippen LogP contribution in [0, 0.1) is 5.41 Å². The van der Waals surface area contributed by atoms with Gasteiger partial charge in [-0.05, 0) is 54.8 Å². The third-order valence-electron chi connectivity index (χ3n) is 5.34. The molecule has 0 bridgehead atoms. The SMILES string of the molecule is Clc1nc(N2CCC3(CCCC3)CC2)c2ccccc2n1. The van der Waals surface area contributed by atoms with E-state index < -0.39 is 0 Å². The van der Waals surface area contributed by atoms with Gasteiger partial charge >= 0.3 is 0 Å². The number of halogens is 1. The first-order valence-corrected chi connectivity index (χ1v) is 8.31.